The van der Waals surface area contributed by atoms with Gasteiger partial charge in [0.05, 0.1) is 16.8 Å². The largest absolute Gasteiger partial charge is 0.322 e. The number of aryl methyl sites for hydroxylation is 2. The quantitative estimate of drug-likeness (QED) is 0.418. The second-order valence-electron chi connectivity index (χ2n) is 9.83. The van der Waals surface area contributed by atoms with Crippen LogP contribution in [0.5, 0.6) is 0 Å². The van der Waals surface area contributed by atoms with Crippen molar-refractivity contribution < 1.29 is 14.4 Å². The van der Waals surface area contributed by atoms with Crippen molar-refractivity contribution in [2.75, 3.05) is 23.3 Å². The summed E-state index contributed by atoms with van der Waals surface area (Å²) in [5.41, 5.74) is 5.44. The predicted molar refractivity (Wildman–Crippen MR) is 146 cm³/mol. The average molecular weight is 496 g/mol. The number of carbonyl (C=O) groups is 3. The van der Waals surface area contributed by atoms with E-state index < -0.39 is 0 Å². The zero-order chi connectivity index (χ0) is 25.9. The fourth-order valence-corrected chi connectivity index (χ4v) is 5.36. The highest BCUT2D eigenvalue weighted by molar-refractivity contribution is 6.35. The number of nitrogens with one attached hydrogen (secondary N) is 1. The van der Waals surface area contributed by atoms with Gasteiger partial charge in [-0.3, -0.25) is 19.3 Å². The van der Waals surface area contributed by atoms with E-state index in [4.69, 9.17) is 0 Å². The first-order chi connectivity index (χ1) is 18.0. The SMILES string of the molecule is CCc1cccc(CC)c1N1C(=O)c2ccc(C(=O)Nc3ccc(CN4CCCCC4)cc3)cc2C1=O. The maximum Gasteiger partial charge on any atom is 0.266 e. The van der Waals surface area contributed by atoms with E-state index in [1.54, 1.807) is 12.1 Å². The van der Waals surface area contributed by atoms with Gasteiger partial charge in [0.15, 0.2) is 0 Å². The predicted octanol–water partition coefficient (Wildman–Crippen LogP) is 5.85. The smallest absolute Gasteiger partial charge is 0.266 e. The monoisotopic (exact) mass is 495 g/mol. The van der Waals surface area contributed by atoms with Crippen LogP contribution in [0, 0.1) is 0 Å². The van der Waals surface area contributed by atoms with Gasteiger partial charge in [-0.15, -0.1) is 0 Å². The molecule has 2 aliphatic heterocycles. The highest BCUT2D eigenvalue weighted by atomic mass is 16.2. The molecule has 1 N–H and O–H groups in total. The van der Waals surface area contributed by atoms with E-state index in [-0.39, 0.29) is 23.3 Å². The number of hydrogen-bond acceptors (Lipinski definition) is 4. The lowest BCUT2D eigenvalue weighted by Gasteiger charge is -2.26. The topological polar surface area (TPSA) is 69.7 Å². The molecule has 3 aromatic carbocycles. The lowest BCUT2D eigenvalue weighted by atomic mass is 10.0. The summed E-state index contributed by atoms with van der Waals surface area (Å²) in [6.45, 7) is 7.23. The third kappa shape index (κ3) is 4.94. The van der Waals surface area contributed by atoms with E-state index in [9.17, 15) is 14.4 Å². The van der Waals surface area contributed by atoms with Gasteiger partial charge in [0.1, 0.15) is 0 Å². The van der Waals surface area contributed by atoms with Crippen molar-refractivity contribution in [2.45, 2.75) is 52.5 Å². The molecule has 2 aliphatic rings. The number of amides is 3. The molecule has 0 aromatic heterocycles. The lowest BCUT2D eigenvalue weighted by Crippen LogP contribution is -2.31. The number of para-hydroxylation sites is 1. The first kappa shape index (κ1) is 24.9. The van der Waals surface area contributed by atoms with Crippen molar-refractivity contribution in [2.24, 2.45) is 0 Å². The molecular weight excluding hydrogens is 462 g/mol. The Morgan fingerprint density at radius 3 is 2.11 bits per heavy atom. The molecule has 2 heterocycles. The molecular formula is C31H33N3O3. The standard InChI is InChI=1S/C31H33N3O3/c1-3-22-9-8-10-23(4-2)28(22)34-30(36)26-16-13-24(19-27(26)31(34)37)29(35)32-25-14-11-21(12-15-25)20-33-17-6-5-7-18-33/h8-16,19H,3-7,17-18,20H2,1-2H3,(H,32,35). The molecule has 3 aromatic rings. The fourth-order valence-electron chi connectivity index (χ4n) is 5.36. The summed E-state index contributed by atoms with van der Waals surface area (Å²) in [4.78, 5) is 43.5. The van der Waals surface area contributed by atoms with Crippen molar-refractivity contribution in [1.29, 1.82) is 0 Å². The van der Waals surface area contributed by atoms with Crippen LogP contribution in [0.25, 0.3) is 0 Å². The maximum absolute atomic E-state index is 13.4. The second kappa shape index (κ2) is 10.7. The molecule has 0 unspecified atom stereocenters. The van der Waals surface area contributed by atoms with Crippen molar-refractivity contribution in [3.63, 3.8) is 0 Å². The number of fused-ring (bicyclic) bond motifs is 1. The highest BCUT2D eigenvalue weighted by Gasteiger charge is 2.38. The van der Waals surface area contributed by atoms with Gasteiger partial charge in [0.25, 0.3) is 17.7 Å². The van der Waals surface area contributed by atoms with Crippen molar-refractivity contribution in [3.05, 3.63) is 94.0 Å². The molecule has 190 valence electrons. The van der Waals surface area contributed by atoms with Crippen LogP contribution in [0.1, 0.15) is 80.9 Å². The Balaban J connectivity index is 1.33. The summed E-state index contributed by atoms with van der Waals surface area (Å²) in [6, 6.07) is 18.5. The molecule has 1 saturated heterocycles. The van der Waals surface area contributed by atoms with Crippen LogP contribution in [0.4, 0.5) is 11.4 Å². The molecule has 0 bridgehead atoms. The van der Waals surface area contributed by atoms with Crippen LogP contribution in [0.15, 0.2) is 60.7 Å². The molecule has 37 heavy (non-hydrogen) atoms. The number of piperidine rings is 1. The van der Waals surface area contributed by atoms with Crippen LogP contribution in [0.3, 0.4) is 0 Å². The number of likely N-dealkylation sites (tertiary alicyclic amines) is 1. The van der Waals surface area contributed by atoms with Gasteiger partial charge < -0.3 is 5.32 Å². The molecule has 6 heteroatoms. The third-order valence-corrected chi connectivity index (χ3v) is 7.40. The minimum atomic E-state index is -0.382. The number of carbonyl (C=O) groups excluding carboxylic acids is 3. The number of benzene rings is 3. The van der Waals surface area contributed by atoms with E-state index in [0.29, 0.717) is 35.3 Å². The minimum Gasteiger partial charge on any atom is -0.322 e. The number of imide groups is 1. The number of nitrogens with zero attached hydrogens (tertiary/aromatic N) is 2. The van der Waals surface area contributed by atoms with E-state index in [0.717, 1.165) is 30.8 Å². The van der Waals surface area contributed by atoms with Crippen LogP contribution in [0.2, 0.25) is 0 Å². The van der Waals surface area contributed by atoms with E-state index >= 15 is 0 Å². The average Bonchev–Trinajstić information content (AvgIpc) is 3.18. The van der Waals surface area contributed by atoms with Crippen molar-refractivity contribution >= 4 is 29.1 Å². The van der Waals surface area contributed by atoms with Gasteiger partial charge in [-0.2, -0.15) is 0 Å². The van der Waals surface area contributed by atoms with Crippen LogP contribution in [-0.2, 0) is 19.4 Å². The van der Waals surface area contributed by atoms with Crippen LogP contribution in [-0.4, -0.2) is 35.7 Å². The maximum atomic E-state index is 13.4. The zero-order valence-electron chi connectivity index (χ0n) is 21.5. The summed E-state index contributed by atoms with van der Waals surface area (Å²) in [5, 5.41) is 2.92. The van der Waals surface area contributed by atoms with Gasteiger partial charge in [-0.25, -0.2) is 4.90 Å². The Morgan fingerprint density at radius 2 is 1.46 bits per heavy atom. The normalized spacial score (nSPS) is 15.7. The first-order valence-corrected chi connectivity index (χ1v) is 13.3. The van der Waals surface area contributed by atoms with Crippen LogP contribution >= 0.6 is 0 Å². The Hall–Kier alpha value is -3.77. The van der Waals surface area contributed by atoms with Crippen molar-refractivity contribution in [1.82, 2.24) is 4.90 Å². The molecule has 0 atom stereocenters. The zero-order valence-corrected chi connectivity index (χ0v) is 21.5. The van der Waals surface area contributed by atoms with E-state index in [1.807, 2.05) is 56.3 Å². The number of hydrogen-bond donors (Lipinski definition) is 1. The fraction of sp³-hybridized carbons (Fsp3) is 0.323. The Bertz CT molecular complexity index is 1320. The van der Waals surface area contributed by atoms with E-state index in [2.05, 4.69) is 10.2 Å². The lowest BCUT2D eigenvalue weighted by molar-refractivity contribution is 0.0925. The Kier molecular flexibility index (Phi) is 7.19. The molecule has 0 radical (unpaired) electrons. The molecule has 1 fully saturated rings. The Morgan fingerprint density at radius 1 is 0.811 bits per heavy atom. The summed E-state index contributed by atoms with van der Waals surface area (Å²) in [7, 11) is 0. The molecule has 6 nitrogen and oxygen atoms in total. The molecule has 0 saturated carbocycles. The minimum absolute atomic E-state index is 0.266. The first-order valence-electron chi connectivity index (χ1n) is 13.3. The van der Waals surface area contributed by atoms with Gasteiger partial charge >= 0.3 is 0 Å². The summed E-state index contributed by atoms with van der Waals surface area (Å²) >= 11 is 0. The van der Waals surface area contributed by atoms with Crippen molar-refractivity contribution in [3.8, 4) is 0 Å². The van der Waals surface area contributed by atoms with Gasteiger partial charge in [-0.1, -0.05) is 50.6 Å². The highest BCUT2D eigenvalue weighted by Crippen LogP contribution is 2.34. The van der Waals surface area contributed by atoms with Gasteiger partial charge in [0.2, 0.25) is 0 Å². The number of anilines is 2. The van der Waals surface area contributed by atoms with E-state index in [1.165, 1.54) is 35.8 Å². The molecule has 0 spiro atoms. The molecule has 3 amide bonds. The summed E-state index contributed by atoms with van der Waals surface area (Å²) in [6.07, 6.45) is 5.24. The molecule has 0 aliphatic carbocycles. The van der Waals surface area contributed by atoms with Gasteiger partial charge in [-0.05, 0) is 85.8 Å². The Labute approximate surface area is 218 Å². The van der Waals surface area contributed by atoms with Gasteiger partial charge in [0, 0.05) is 17.8 Å². The van der Waals surface area contributed by atoms with Crippen LogP contribution < -0.4 is 10.2 Å². The third-order valence-electron chi connectivity index (χ3n) is 7.40. The molecule has 5 rings (SSSR count). The summed E-state index contributed by atoms with van der Waals surface area (Å²) < 4.78 is 0. The number of rotatable bonds is 7. The second-order valence-corrected chi connectivity index (χ2v) is 9.83. The summed E-state index contributed by atoms with van der Waals surface area (Å²) in [5.74, 6) is -1.03.